The Labute approximate surface area is 101 Å². The summed E-state index contributed by atoms with van der Waals surface area (Å²) in [6.07, 6.45) is 0. The first-order valence-electron chi connectivity index (χ1n) is 5.23. The SMILES string of the molecule is O=C(O)CNCc1cccc(-c2noc(=O)[nH]2)c1. The molecule has 18 heavy (non-hydrogen) atoms. The van der Waals surface area contributed by atoms with Crippen LogP contribution in [0.15, 0.2) is 33.6 Å². The van der Waals surface area contributed by atoms with Gasteiger partial charge in [-0.25, -0.2) is 4.79 Å². The first-order valence-corrected chi connectivity index (χ1v) is 5.23. The van der Waals surface area contributed by atoms with E-state index in [4.69, 9.17) is 5.11 Å². The fourth-order valence-electron chi connectivity index (χ4n) is 1.50. The molecule has 0 spiro atoms. The maximum absolute atomic E-state index is 10.8. The number of hydrogen-bond acceptors (Lipinski definition) is 5. The molecule has 0 aliphatic heterocycles. The molecule has 3 N–H and O–H groups in total. The first kappa shape index (κ1) is 12.1. The molecule has 0 aliphatic carbocycles. The Balaban J connectivity index is 2.10. The fourth-order valence-corrected chi connectivity index (χ4v) is 1.50. The van der Waals surface area contributed by atoms with E-state index in [1.54, 1.807) is 18.2 Å². The van der Waals surface area contributed by atoms with Crippen molar-refractivity contribution < 1.29 is 14.4 Å². The van der Waals surface area contributed by atoms with Gasteiger partial charge in [-0.1, -0.05) is 23.4 Å². The minimum absolute atomic E-state index is 0.106. The molecule has 0 atom stereocenters. The highest BCUT2D eigenvalue weighted by Gasteiger charge is 2.05. The van der Waals surface area contributed by atoms with Crippen LogP contribution in [0.5, 0.6) is 0 Å². The number of nitrogens with zero attached hydrogens (tertiary/aromatic N) is 1. The normalized spacial score (nSPS) is 10.4. The van der Waals surface area contributed by atoms with Crippen LogP contribution in [-0.2, 0) is 11.3 Å². The Morgan fingerprint density at radius 3 is 3.00 bits per heavy atom. The average Bonchev–Trinajstić information content (AvgIpc) is 2.76. The zero-order valence-electron chi connectivity index (χ0n) is 9.34. The fraction of sp³-hybridized carbons (Fsp3) is 0.182. The van der Waals surface area contributed by atoms with Crippen molar-refractivity contribution in [3.8, 4) is 11.4 Å². The highest BCUT2D eigenvalue weighted by molar-refractivity contribution is 5.69. The molecule has 0 amide bonds. The van der Waals surface area contributed by atoms with Crippen LogP contribution in [0.4, 0.5) is 0 Å². The van der Waals surface area contributed by atoms with Crippen molar-refractivity contribution in [3.05, 3.63) is 40.4 Å². The Morgan fingerprint density at radius 1 is 1.50 bits per heavy atom. The molecule has 0 saturated heterocycles. The van der Waals surface area contributed by atoms with E-state index in [0.717, 1.165) is 5.56 Å². The summed E-state index contributed by atoms with van der Waals surface area (Å²) >= 11 is 0. The maximum atomic E-state index is 10.8. The smallest absolute Gasteiger partial charge is 0.439 e. The molecular formula is C11H11N3O4. The highest BCUT2D eigenvalue weighted by atomic mass is 16.5. The van der Waals surface area contributed by atoms with Crippen molar-refractivity contribution in [3.63, 3.8) is 0 Å². The molecule has 7 heteroatoms. The molecule has 1 heterocycles. The second-order valence-electron chi connectivity index (χ2n) is 3.64. The number of carbonyl (C=O) groups is 1. The number of rotatable bonds is 5. The third-order valence-electron chi connectivity index (χ3n) is 2.25. The van der Waals surface area contributed by atoms with Gasteiger partial charge in [0, 0.05) is 12.1 Å². The van der Waals surface area contributed by atoms with Gasteiger partial charge in [-0.05, 0) is 11.6 Å². The first-order chi connectivity index (χ1) is 8.65. The summed E-state index contributed by atoms with van der Waals surface area (Å²) in [5.41, 5.74) is 1.59. The van der Waals surface area contributed by atoms with Crippen LogP contribution in [0.25, 0.3) is 11.4 Å². The summed E-state index contributed by atoms with van der Waals surface area (Å²) in [6.45, 7) is 0.313. The largest absolute Gasteiger partial charge is 0.480 e. The van der Waals surface area contributed by atoms with Gasteiger partial charge in [0.05, 0.1) is 6.54 Å². The minimum Gasteiger partial charge on any atom is -0.480 e. The van der Waals surface area contributed by atoms with E-state index < -0.39 is 11.7 Å². The second kappa shape index (κ2) is 5.28. The van der Waals surface area contributed by atoms with Gasteiger partial charge in [0.2, 0.25) is 0 Å². The van der Waals surface area contributed by atoms with E-state index in [9.17, 15) is 9.59 Å². The molecule has 2 aromatic rings. The van der Waals surface area contributed by atoms with Gasteiger partial charge in [-0.2, -0.15) is 0 Å². The van der Waals surface area contributed by atoms with Gasteiger partial charge in [0.1, 0.15) is 0 Å². The van der Waals surface area contributed by atoms with Crippen LogP contribution in [0, 0.1) is 0 Å². The third kappa shape index (κ3) is 3.05. The number of aliphatic carboxylic acids is 1. The number of H-pyrrole nitrogens is 1. The zero-order valence-corrected chi connectivity index (χ0v) is 9.34. The topological polar surface area (TPSA) is 108 Å². The number of carboxylic acids is 1. The van der Waals surface area contributed by atoms with Gasteiger partial charge in [-0.3, -0.25) is 14.3 Å². The predicted octanol–water partition coefficient (Wildman–Crippen LogP) is 0.204. The number of nitrogens with one attached hydrogen (secondary N) is 2. The molecule has 1 aromatic heterocycles. The summed E-state index contributed by atoms with van der Waals surface area (Å²) in [5, 5.41) is 14.8. The quantitative estimate of drug-likeness (QED) is 0.698. The summed E-state index contributed by atoms with van der Waals surface area (Å²) in [5.74, 6) is -1.17. The summed E-state index contributed by atoms with van der Waals surface area (Å²) in [7, 11) is 0. The van der Waals surface area contributed by atoms with Crippen molar-refractivity contribution in [1.82, 2.24) is 15.5 Å². The zero-order chi connectivity index (χ0) is 13.0. The molecular weight excluding hydrogens is 238 g/mol. The van der Waals surface area contributed by atoms with Crippen LogP contribution in [-0.4, -0.2) is 27.8 Å². The molecule has 0 fully saturated rings. The number of aromatic amines is 1. The molecule has 2 rings (SSSR count). The lowest BCUT2D eigenvalue weighted by molar-refractivity contribution is -0.135. The van der Waals surface area contributed by atoms with Gasteiger partial charge in [-0.15, -0.1) is 0 Å². The Hall–Kier alpha value is -2.41. The molecule has 0 unspecified atom stereocenters. The molecule has 94 valence electrons. The van der Waals surface area contributed by atoms with E-state index in [-0.39, 0.29) is 6.54 Å². The number of hydrogen-bond donors (Lipinski definition) is 3. The van der Waals surface area contributed by atoms with E-state index in [1.807, 2.05) is 6.07 Å². The van der Waals surface area contributed by atoms with Crippen molar-refractivity contribution in [2.75, 3.05) is 6.54 Å². The highest BCUT2D eigenvalue weighted by Crippen LogP contribution is 2.14. The molecule has 0 saturated carbocycles. The standard InChI is InChI=1S/C11H11N3O4/c15-9(16)6-12-5-7-2-1-3-8(4-7)10-13-11(17)18-14-10/h1-4,12H,5-6H2,(H,15,16)(H,13,14,17). The lowest BCUT2D eigenvalue weighted by atomic mass is 10.1. The Bertz CT molecular complexity index is 602. The summed E-state index contributed by atoms with van der Waals surface area (Å²) < 4.78 is 4.42. The van der Waals surface area contributed by atoms with Gasteiger partial charge in [0.25, 0.3) is 0 Å². The van der Waals surface area contributed by atoms with Crippen LogP contribution in [0.2, 0.25) is 0 Å². The van der Waals surface area contributed by atoms with Gasteiger partial charge >= 0.3 is 11.7 Å². The second-order valence-corrected chi connectivity index (χ2v) is 3.64. The number of benzene rings is 1. The van der Waals surface area contributed by atoms with Crippen LogP contribution in [0.1, 0.15) is 5.56 Å². The van der Waals surface area contributed by atoms with Crippen LogP contribution >= 0.6 is 0 Å². The van der Waals surface area contributed by atoms with Crippen molar-refractivity contribution in [2.45, 2.75) is 6.54 Å². The van der Waals surface area contributed by atoms with E-state index >= 15 is 0 Å². The molecule has 0 aliphatic rings. The van der Waals surface area contributed by atoms with Crippen LogP contribution in [0.3, 0.4) is 0 Å². The molecule has 1 aromatic carbocycles. The summed E-state index contributed by atoms with van der Waals surface area (Å²) in [4.78, 5) is 23.6. The van der Waals surface area contributed by atoms with Crippen molar-refractivity contribution in [1.29, 1.82) is 0 Å². The van der Waals surface area contributed by atoms with Gasteiger partial charge in [0.15, 0.2) is 5.82 Å². The minimum atomic E-state index is -0.910. The Morgan fingerprint density at radius 2 is 2.33 bits per heavy atom. The van der Waals surface area contributed by atoms with Crippen molar-refractivity contribution in [2.24, 2.45) is 0 Å². The van der Waals surface area contributed by atoms with E-state index in [1.165, 1.54) is 0 Å². The van der Waals surface area contributed by atoms with E-state index in [2.05, 4.69) is 20.0 Å². The van der Waals surface area contributed by atoms with Gasteiger partial charge < -0.3 is 10.4 Å². The lowest BCUT2D eigenvalue weighted by Gasteiger charge is -2.03. The third-order valence-corrected chi connectivity index (χ3v) is 2.25. The average molecular weight is 249 g/mol. The molecule has 7 nitrogen and oxygen atoms in total. The predicted molar refractivity (Wildman–Crippen MR) is 61.9 cm³/mol. The maximum Gasteiger partial charge on any atom is 0.439 e. The monoisotopic (exact) mass is 249 g/mol. The summed E-state index contributed by atoms with van der Waals surface area (Å²) in [6, 6.07) is 7.20. The Kier molecular flexibility index (Phi) is 3.54. The lowest BCUT2D eigenvalue weighted by Crippen LogP contribution is -2.21. The number of aromatic nitrogens is 2. The van der Waals surface area contributed by atoms with Crippen LogP contribution < -0.4 is 11.1 Å². The molecule has 0 bridgehead atoms. The van der Waals surface area contributed by atoms with E-state index in [0.29, 0.717) is 17.9 Å². The molecule has 0 radical (unpaired) electrons. The number of carboxylic acid groups (broad SMARTS) is 1. The van der Waals surface area contributed by atoms with Crippen molar-refractivity contribution >= 4 is 5.97 Å².